The van der Waals surface area contributed by atoms with Gasteiger partial charge in [0.15, 0.2) is 0 Å². The van der Waals surface area contributed by atoms with Crippen LogP contribution < -0.4 is 20.0 Å². The summed E-state index contributed by atoms with van der Waals surface area (Å²) < 4.78 is 28.2. The fourth-order valence-electron chi connectivity index (χ4n) is 7.89. The van der Waals surface area contributed by atoms with Crippen LogP contribution in [0.3, 0.4) is 0 Å². The minimum Gasteiger partial charge on any atom is -0.461 e. The summed E-state index contributed by atoms with van der Waals surface area (Å²) in [6.07, 6.45) is 4.35. The summed E-state index contributed by atoms with van der Waals surface area (Å²) in [5.74, 6) is 0.440. The molecule has 3 aliphatic heterocycles. The zero-order valence-electron chi connectivity index (χ0n) is 27.0. The van der Waals surface area contributed by atoms with Gasteiger partial charge in [0.05, 0.1) is 11.1 Å². The molecule has 0 bridgehead atoms. The maximum absolute atomic E-state index is 14.4. The highest BCUT2D eigenvalue weighted by Crippen LogP contribution is 2.42. The number of aromatic nitrogens is 3. The number of hydrogen-bond donors (Lipinski definition) is 0. The molecule has 10 heteroatoms. The van der Waals surface area contributed by atoms with Gasteiger partial charge >= 0.3 is 6.01 Å². The standard InChI is InChI=1S/C35H45FN6O2Si/c1-33(2,3)45(28-14-7-5-8-15-28,29-16-9-6-10-17-29)44-34(4)18-11-12-20-41(25-34)31-38-30(23-37)39-32(40-31)43-26-35-19-13-21-42(35)24-27(36)22-35/h5-10,14-17,27H,11-13,18-22,24-26H2,1-4H3/t27-,34?,35+/m1/s1. The zero-order valence-corrected chi connectivity index (χ0v) is 28.0. The lowest BCUT2D eigenvalue weighted by Gasteiger charge is -2.49. The molecule has 1 unspecified atom stereocenters. The first-order chi connectivity index (χ1) is 21.6. The topological polar surface area (TPSA) is 87.4 Å². The maximum Gasteiger partial charge on any atom is 0.322 e. The molecule has 238 valence electrons. The van der Waals surface area contributed by atoms with Crippen LogP contribution in [-0.4, -0.2) is 78.3 Å². The van der Waals surface area contributed by atoms with Crippen LogP contribution >= 0.6 is 0 Å². The van der Waals surface area contributed by atoms with Crippen molar-refractivity contribution < 1.29 is 13.6 Å². The second kappa shape index (κ2) is 12.4. The predicted octanol–water partition coefficient (Wildman–Crippen LogP) is 5.02. The Balaban J connectivity index is 1.32. The molecule has 0 spiro atoms. The van der Waals surface area contributed by atoms with E-state index in [0.717, 1.165) is 45.2 Å². The molecule has 4 heterocycles. The van der Waals surface area contributed by atoms with E-state index in [9.17, 15) is 9.65 Å². The lowest BCUT2D eigenvalue weighted by atomic mass is 9.95. The highest BCUT2D eigenvalue weighted by molar-refractivity contribution is 6.99. The zero-order chi connectivity index (χ0) is 31.7. The van der Waals surface area contributed by atoms with Crippen LogP contribution in [0, 0.1) is 11.3 Å². The molecule has 45 heavy (non-hydrogen) atoms. The van der Waals surface area contributed by atoms with Gasteiger partial charge < -0.3 is 14.1 Å². The second-order valence-corrected chi connectivity index (χ2v) is 18.5. The third kappa shape index (κ3) is 6.22. The second-order valence-electron chi connectivity index (χ2n) is 14.3. The Morgan fingerprint density at radius 1 is 0.956 bits per heavy atom. The molecule has 3 atom stereocenters. The number of fused-ring (bicyclic) bond motifs is 1. The van der Waals surface area contributed by atoms with Gasteiger partial charge in [0.2, 0.25) is 11.8 Å². The number of alkyl halides is 1. The number of benzene rings is 2. The molecule has 3 fully saturated rings. The number of anilines is 1. The molecule has 6 rings (SSSR count). The molecular weight excluding hydrogens is 584 g/mol. The summed E-state index contributed by atoms with van der Waals surface area (Å²) in [6, 6.07) is 23.7. The molecule has 0 radical (unpaired) electrons. The van der Waals surface area contributed by atoms with Gasteiger partial charge in [-0.15, -0.1) is 0 Å². The quantitative estimate of drug-likeness (QED) is 0.322. The van der Waals surface area contributed by atoms with Gasteiger partial charge in [0, 0.05) is 26.1 Å². The molecule has 0 N–H and O–H groups in total. The largest absolute Gasteiger partial charge is 0.461 e. The van der Waals surface area contributed by atoms with Crippen LogP contribution in [-0.2, 0) is 4.43 Å². The van der Waals surface area contributed by atoms with Crippen LogP contribution in [0.2, 0.25) is 5.04 Å². The van der Waals surface area contributed by atoms with Gasteiger partial charge in [-0.2, -0.15) is 20.2 Å². The number of nitrogens with zero attached hydrogens (tertiary/aromatic N) is 6. The molecule has 0 amide bonds. The van der Waals surface area contributed by atoms with E-state index >= 15 is 0 Å². The first-order valence-corrected chi connectivity index (χ1v) is 18.2. The van der Waals surface area contributed by atoms with Crippen molar-refractivity contribution in [3.63, 3.8) is 0 Å². The van der Waals surface area contributed by atoms with Gasteiger partial charge in [0.1, 0.15) is 18.8 Å². The molecule has 3 saturated heterocycles. The summed E-state index contributed by atoms with van der Waals surface area (Å²) >= 11 is 0. The predicted molar refractivity (Wildman–Crippen MR) is 176 cm³/mol. The summed E-state index contributed by atoms with van der Waals surface area (Å²) in [7, 11) is -2.83. The van der Waals surface area contributed by atoms with E-state index in [-0.39, 0.29) is 22.4 Å². The Bertz CT molecular complexity index is 1480. The van der Waals surface area contributed by atoms with E-state index in [1.54, 1.807) is 0 Å². The van der Waals surface area contributed by atoms with Crippen LogP contribution in [0.15, 0.2) is 60.7 Å². The van der Waals surface area contributed by atoms with E-state index in [1.165, 1.54) is 10.4 Å². The Morgan fingerprint density at radius 3 is 2.29 bits per heavy atom. The average molecular weight is 629 g/mol. The highest BCUT2D eigenvalue weighted by atomic mass is 28.4. The van der Waals surface area contributed by atoms with Crippen molar-refractivity contribution in [3.05, 3.63) is 66.5 Å². The summed E-state index contributed by atoms with van der Waals surface area (Å²) in [6.45, 7) is 12.0. The van der Waals surface area contributed by atoms with Crippen molar-refractivity contribution in [1.82, 2.24) is 19.9 Å². The van der Waals surface area contributed by atoms with Gasteiger partial charge in [-0.3, -0.25) is 4.90 Å². The number of rotatable bonds is 8. The van der Waals surface area contributed by atoms with Gasteiger partial charge in [-0.25, -0.2) is 4.39 Å². The van der Waals surface area contributed by atoms with E-state index < -0.39 is 20.1 Å². The molecule has 1 aromatic heterocycles. The normalized spacial score (nSPS) is 25.9. The Morgan fingerprint density at radius 2 is 1.64 bits per heavy atom. The lowest BCUT2D eigenvalue weighted by molar-refractivity contribution is 0.0772. The number of nitriles is 1. The van der Waals surface area contributed by atoms with Gasteiger partial charge in [0.25, 0.3) is 8.32 Å². The smallest absolute Gasteiger partial charge is 0.322 e. The fourth-order valence-corrected chi connectivity index (χ4v) is 12.7. The van der Waals surface area contributed by atoms with Crippen molar-refractivity contribution in [3.8, 4) is 12.1 Å². The number of ether oxygens (including phenoxy) is 1. The summed E-state index contributed by atoms with van der Waals surface area (Å²) in [5.41, 5.74) is -0.852. The molecule has 8 nitrogen and oxygen atoms in total. The minimum atomic E-state index is -2.83. The van der Waals surface area contributed by atoms with Crippen molar-refractivity contribution >= 4 is 24.6 Å². The molecule has 0 saturated carbocycles. The molecule has 3 aromatic rings. The SMILES string of the molecule is CC1(O[Si](c2ccccc2)(c2ccccc2)C(C)(C)C)CCCCN(c2nc(C#N)nc(OC[C@@]34CCCN3C[C@H](F)C4)n2)C1. The summed E-state index contributed by atoms with van der Waals surface area (Å²) in [5, 5.41) is 12.2. The van der Waals surface area contributed by atoms with E-state index in [1.807, 2.05) is 0 Å². The van der Waals surface area contributed by atoms with E-state index in [0.29, 0.717) is 32.1 Å². The number of halogens is 1. The number of hydrogen-bond acceptors (Lipinski definition) is 8. The molecule has 3 aliphatic rings. The first-order valence-electron chi connectivity index (χ1n) is 16.3. The molecule has 0 aliphatic carbocycles. The highest BCUT2D eigenvalue weighted by Gasteiger charge is 2.54. The molecule has 2 aromatic carbocycles. The van der Waals surface area contributed by atoms with Crippen LogP contribution in [0.4, 0.5) is 10.3 Å². The van der Waals surface area contributed by atoms with Crippen molar-refractivity contribution in [2.24, 2.45) is 0 Å². The first kappa shape index (κ1) is 31.6. The third-order valence-electron chi connectivity index (χ3n) is 9.94. The van der Waals surface area contributed by atoms with Crippen molar-refractivity contribution in [2.45, 2.75) is 88.6 Å². The van der Waals surface area contributed by atoms with Gasteiger partial charge in [-0.05, 0) is 61.0 Å². The summed E-state index contributed by atoms with van der Waals surface area (Å²) in [4.78, 5) is 17.9. The van der Waals surface area contributed by atoms with Crippen LogP contribution in [0.1, 0.15) is 72.0 Å². The van der Waals surface area contributed by atoms with Crippen LogP contribution in [0.25, 0.3) is 0 Å². The van der Waals surface area contributed by atoms with E-state index in [2.05, 4.69) is 114 Å². The fraction of sp³-hybridized carbons (Fsp3) is 0.543. The average Bonchev–Trinajstić information content (AvgIpc) is 3.48. The maximum atomic E-state index is 14.4. The third-order valence-corrected chi connectivity index (χ3v) is 15.1. The van der Waals surface area contributed by atoms with Crippen molar-refractivity contribution in [1.29, 1.82) is 5.26 Å². The Kier molecular flexibility index (Phi) is 8.72. The molecular formula is C35H45FN6O2Si. The van der Waals surface area contributed by atoms with Gasteiger partial charge in [-0.1, -0.05) is 81.4 Å². The Hall–Kier alpha value is -3.39. The van der Waals surface area contributed by atoms with Crippen molar-refractivity contribution in [2.75, 3.05) is 37.7 Å². The van der Waals surface area contributed by atoms with Crippen LogP contribution in [0.5, 0.6) is 6.01 Å². The Labute approximate surface area is 267 Å². The lowest BCUT2D eigenvalue weighted by Crippen LogP contribution is -2.70. The van der Waals surface area contributed by atoms with E-state index in [4.69, 9.17) is 14.1 Å². The monoisotopic (exact) mass is 628 g/mol. The minimum absolute atomic E-state index is 0.0180.